The number of hydrazone groups is 1. The highest BCUT2D eigenvalue weighted by Gasteiger charge is 2.16. The zero-order valence-electron chi connectivity index (χ0n) is 17.3. The maximum absolute atomic E-state index is 13.6. The van der Waals surface area contributed by atoms with Crippen LogP contribution in [0, 0.1) is 5.82 Å². The van der Waals surface area contributed by atoms with Crippen LogP contribution in [0.4, 0.5) is 4.39 Å². The summed E-state index contributed by atoms with van der Waals surface area (Å²) < 4.78 is 26.1. The summed E-state index contributed by atoms with van der Waals surface area (Å²) >= 11 is 1.24. The van der Waals surface area contributed by atoms with Gasteiger partial charge >= 0.3 is 0 Å². The highest BCUT2D eigenvalue weighted by atomic mass is 32.2. The third-order valence-electron chi connectivity index (χ3n) is 4.31. The summed E-state index contributed by atoms with van der Waals surface area (Å²) in [7, 11) is 3.15. The van der Waals surface area contributed by atoms with E-state index in [0.29, 0.717) is 34.6 Å². The Bertz CT molecular complexity index is 1090. The summed E-state index contributed by atoms with van der Waals surface area (Å²) in [4.78, 5) is 12.1. The first-order chi connectivity index (χ1) is 15.1. The van der Waals surface area contributed by atoms with Crippen LogP contribution in [0.1, 0.15) is 12.5 Å². The summed E-state index contributed by atoms with van der Waals surface area (Å²) in [6.07, 6.45) is 1.27. The molecule has 0 saturated heterocycles. The van der Waals surface area contributed by atoms with Crippen molar-refractivity contribution in [2.24, 2.45) is 5.10 Å². The molecule has 0 fully saturated rings. The number of carbonyl (C=O) groups is 1. The molecule has 31 heavy (non-hydrogen) atoms. The first kappa shape index (κ1) is 22.3. The summed E-state index contributed by atoms with van der Waals surface area (Å²) in [5.74, 6) is 1.20. The number of methoxy groups -OCH3 is 2. The zero-order chi connectivity index (χ0) is 22.2. The van der Waals surface area contributed by atoms with E-state index in [0.717, 1.165) is 5.56 Å². The van der Waals surface area contributed by atoms with Crippen LogP contribution in [0.2, 0.25) is 0 Å². The number of amides is 1. The van der Waals surface area contributed by atoms with Crippen LogP contribution in [-0.4, -0.2) is 46.9 Å². The molecule has 162 valence electrons. The fourth-order valence-electron chi connectivity index (χ4n) is 2.79. The lowest BCUT2D eigenvalue weighted by atomic mass is 10.2. The monoisotopic (exact) mass is 443 g/mol. The molecule has 1 aromatic heterocycles. The van der Waals surface area contributed by atoms with Gasteiger partial charge in [-0.1, -0.05) is 30.0 Å². The first-order valence-corrected chi connectivity index (χ1v) is 10.4. The molecular formula is C21H22FN5O3S. The van der Waals surface area contributed by atoms with E-state index in [2.05, 4.69) is 20.7 Å². The molecule has 0 aliphatic rings. The lowest BCUT2D eigenvalue weighted by Crippen LogP contribution is -2.20. The third-order valence-corrected chi connectivity index (χ3v) is 5.27. The van der Waals surface area contributed by atoms with Gasteiger partial charge in [0.2, 0.25) is 0 Å². The van der Waals surface area contributed by atoms with Gasteiger partial charge in [0.1, 0.15) is 5.82 Å². The van der Waals surface area contributed by atoms with Crippen molar-refractivity contribution < 1.29 is 18.7 Å². The van der Waals surface area contributed by atoms with E-state index in [1.54, 1.807) is 38.5 Å². The Morgan fingerprint density at radius 1 is 1.19 bits per heavy atom. The van der Waals surface area contributed by atoms with Crippen LogP contribution < -0.4 is 14.9 Å². The minimum absolute atomic E-state index is 0.0820. The van der Waals surface area contributed by atoms with Gasteiger partial charge in [-0.3, -0.25) is 4.79 Å². The van der Waals surface area contributed by atoms with Crippen LogP contribution in [0.25, 0.3) is 11.4 Å². The molecule has 0 unspecified atom stereocenters. The number of hydrogen-bond acceptors (Lipinski definition) is 7. The average Bonchev–Trinajstić information content (AvgIpc) is 3.21. The largest absolute Gasteiger partial charge is 0.493 e. The number of benzene rings is 2. The van der Waals surface area contributed by atoms with Gasteiger partial charge in [0.25, 0.3) is 5.91 Å². The molecule has 0 spiro atoms. The van der Waals surface area contributed by atoms with Gasteiger partial charge in [0, 0.05) is 17.7 Å². The molecule has 1 amide bonds. The molecule has 10 heteroatoms. The Labute approximate surface area is 183 Å². The van der Waals surface area contributed by atoms with Crippen molar-refractivity contribution >= 4 is 23.9 Å². The molecule has 2 aromatic carbocycles. The molecule has 0 aliphatic carbocycles. The maximum atomic E-state index is 13.6. The molecule has 3 aromatic rings. The van der Waals surface area contributed by atoms with E-state index in [1.807, 2.05) is 23.6 Å². The molecule has 3 rings (SSSR count). The predicted molar refractivity (Wildman–Crippen MR) is 117 cm³/mol. The second-order valence-electron chi connectivity index (χ2n) is 6.22. The summed E-state index contributed by atoms with van der Waals surface area (Å²) in [6, 6.07) is 11.7. The second kappa shape index (κ2) is 10.6. The van der Waals surface area contributed by atoms with Gasteiger partial charge in [-0.05, 0) is 31.2 Å². The average molecular weight is 444 g/mol. The van der Waals surface area contributed by atoms with Crippen LogP contribution in [0.3, 0.4) is 0 Å². The van der Waals surface area contributed by atoms with Crippen molar-refractivity contribution in [2.45, 2.75) is 18.6 Å². The zero-order valence-corrected chi connectivity index (χ0v) is 18.1. The van der Waals surface area contributed by atoms with Crippen LogP contribution in [0.5, 0.6) is 11.5 Å². The van der Waals surface area contributed by atoms with Gasteiger partial charge in [-0.25, -0.2) is 9.82 Å². The number of aromatic nitrogens is 3. The Hall–Kier alpha value is -3.40. The minimum atomic E-state index is -0.409. The molecule has 0 bridgehead atoms. The van der Waals surface area contributed by atoms with Gasteiger partial charge in [0.05, 0.1) is 26.2 Å². The van der Waals surface area contributed by atoms with Crippen LogP contribution >= 0.6 is 11.8 Å². The highest BCUT2D eigenvalue weighted by molar-refractivity contribution is 7.99. The molecule has 0 aliphatic heterocycles. The normalized spacial score (nSPS) is 11.0. The number of nitrogens with one attached hydrogen (secondary N) is 1. The number of thioether (sulfide) groups is 1. The van der Waals surface area contributed by atoms with Crippen LogP contribution in [-0.2, 0) is 11.3 Å². The lowest BCUT2D eigenvalue weighted by molar-refractivity contribution is -0.118. The quantitative estimate of drug-likeness (QED) is 0.310. The number of nitrogens with zero attached hydrogens (tertiary/aromatic N) is 4. The molecule has 0 radical (unpaired) electrons. The Kier molecular flexibility index (Phi) is 7.60. The van der Waals surface area contributed by atoms with Crippen molar-refractivity contribution in [2.75, 3.05) is 20.0 Å². The first-order valence-electron chi connectivity index (χ1n) is 9.42. The lowest BCUT2D eigenvalue weighted by Gasteiger charge is -2.10. The van der Waals surface area contributed by atoms with Crippen LogP contribution in [0.15, 0.2) is 52.7 Å². The number of hydrogen-bond donors (Lipinski definition) is 1. The van der Waals surface area contributed by atoms with Gasteiger partial charge in [0.15, 0.2) is 22.5 Å². The standard InChI is InChI=1S/C21H22FN5O3S/c1-4-27-20(14-9-10-17(29-2)18(11-14)30-3)25-26-21(27)31-13-19(28)24-23-12-15-7-5-6-8-16(15)22/h5-12H,4,13H2,1-3H3,(H,24,28). The van der Waals surface area contributed by atoms with Crippen molar-refractivity contribution in [3.8, 4) is 22.9 Å². The highest BCUT2D eigenvalue weighted by Crippen LogP contribution is 2.32. The number of ether oxygens (including phenoxy) is 2. The van der Waals surface area contributed by atoms with E-state index in [9.17, 15) is 9.18 Å². The predicted octanol–water partition coefficient (Wildman–Crippen LogP) is 3.36. The molecule has 0 atom stereocenters. The third kappa shape index (κ3) is 5.40. The molecule has 1 N–H and O–H groups in total. The Balaban J connectivity index is 1.66. The van der Waals surface area contributed by atoms with E-state index >= 15 is 0 Å². The van der Waals surface area contributed by atoms with E-state index in [1.165, 1.54) is 24.0 Å². The molecule has 8 nitrogen and oxygen atoms in total. The summed E-state index contributed by atoms with van der Waals surface area (Å²) in [5, 5.41) is 12.9. The topological polar surface area (TPSA) is 90.6 Å². The fourth-order valence-corrected chi connectivity index (χ4v) is 3.58. The Morgan fingerprint density at radius 2 is 1.97 bits per heavy atom. The Morgan fingerprint density at radius 3 is 2.68 bits per heavy atom. The summed E-state index contributed by atoms with van der Waals surface area (Å²) in [5.41, 5.74) is 3.50. The second-order valence-corrected chi connectivity index (χ2v) is 7.17. The molecule has 0 saturated carbocycles. The molecule has 1 heterocycles. The summed E-state index contributed by atoms with van der Waals surface area (Å²) in [6.45, 7) is 2.59. The van der Waals surface area contributed by atoms with Gasteiger partial charge in [-0.15, -0.1) is 10.2 Å². The number of rotatable bonds is 9. The van der Waals surface area contributed by atoms with E-state index < -0.39 is 5.82 Å². The smallest absolute Gasteiger partial charge is 0.250 e. The van der Waals surface area contributed by atoms with Crippen molar-refractivity contribution in [3.63, 3.8) is 0 Å². The maximum Gasteiger partial charge on any atom is 0.250 e. The fraction of sp³-hybridized carbons (Fsp3) is 0.238. The van der Waals surface area contributed by atoms with Crippen molar-refractivity contribution in [3.05, 3.63) is 53.8 Å². The van der Waals surface area contributed by atoms with E-state index in [-0.39, 0.29) is 11.7 Å². The minimum Gasteiger partial charge on any atom is -0.493 e. The van der Waals surface area contributed by atoms with E-state index in [4.69, 9.17) is 9.47 Å². The SMILES string of the molecule is CCn1c(SCC(=O)NN=Cc2ccccc2F)nnc1-c1ccc(OC)c(OC)c1. The van der Waals surface area contributed by atoms with Gasteiger partial charge in [-0.2, -0.15) is 5.10 Å². The molecular weight excluding hydrogens is 421 g/mol. The number of carbonyl (C=O) groups excluding carboxylic acids is 1. The van der Waals surface area contributed by atoms with Gasteiger partial charge < -0.3 is 14.0 Å². The van der Waals surface area contributed by atoms with Crippen molar-refractivity contribution in [1.29, 1.82) is 0 Å². The van der Waals surface area contributed by atoms with Crippen molar-refractivity contribution in [1.82, 2.24) is 20.2 Å². The number of halogens is 1.